The first-order valence-corrected chi connectivity index (χ1v) is 6.28. The molecule has 2 unspecified atom stereocenters. The van der Waals surface area contributed by atoms with Crippen LogP contribution in [0.3, 0.4) is 0 Å². The normalized spacial score (nSPS) is 29.9. The zero-order valence-corrected chi connectivity index (χ0v) is 10.0. The molecule has 0 aromatic heterocycles. The zero-order valence-electron chi connectivity index (χ0n) is 9.25. The standard InChI is InChI=1S/C13H13ClFNO/c14-10-2-1-3-11(15)12(10)16-13(17)9-5-7-4-8(7)6-9/h1-3,7-9H,4-6H2,(H,16,17). The second kappa shape index (κ2) is 3.98. The van der Waals surface area contributed by atoms with E-state index in [1.165, 1.54) is 18.6 Å². The van der Waals surface area contributed by atoms with Gasteiger partial charge >= 0.3 is 0 Å². The Kier molecular flexibility index (Phi) is 2.58. The van der Waals surface area contributed by atoms with Gasteiger partial charge in [0.15, 0.2) is 0 Å². The van der Waals surface area contributed by atoms with Gasteiger partial charge in [-0.05, 0) is 43.2 Å². The van der Waals surface area contributed by atoms with E-state index < -0.39 is 5.82 Å². The average molecular weight is 254 g/mol. The summed E-state index contributed by atoms with van der Waals surface area (Å²) in [5.74, 6) is 0.941. The molecule has 4 heteroatoms. The van der Waals surface area contributed by atoms with Crippen molar-refractivity contribution >= 4 is 23.2 Å². The van der Waals surface area contributed by atoms with E-state index in [9.17, 15) is 9.18 Å². The number of amides is 1. The topological polar surface area (TPSA) is 29.1 Å². The van der Waals surface area contributed by atoms with Crippen LogP contribution in [0.1, 0.15) is 19.3 Å². The predicted octanol–water partition coefficient (Wildman–Crippen LogP) is 3.46. The molecule has 1 amide bonds. The molecule has 0 bridgehead atoms. The molecule has 1 aromatic carbocycles. The molecule has 2 saturated carbocycles. The van der Waals surface area contributed by atoms with E-state index in [1.54, 1.807) is 6.07 Å². The molecule has 0 heterocycles. The average Bonchev–Trinajstić information content (AvgIpc) is 2.91. The summed E-state index contributed by atoms with van der Waals surface area (Å²) in [7, 11) is 0. The monoisotopic (exact) mass is 253 g/mol. The highest BCUT2D eigenvalue weighted by atomic mass is 35.5. The molecular formula is C13H13ClFNO. The Balaban J connectivity index is 1.72. The second-order valence-corrected chi connectivity index (χ2v) is 5.42. The molecule has 3 rings (SSSR count). The molecule has 17 heavy (non-hydrogen) atoms. The van der Waals surface area contributed by atoms with Gasteiger partial charge in [0.1, 0.15) is 5.82 Å². The molecule has 1 aromatic rings. The highest BCUT2D eigenvalue weighted by molar-refractivity contribution is 6.33. The minimum atomic E-state index is -0.478. The lowest BCUT2D eigenvalue weighted by atomic mass is 10.0. The van der Waals surface area contributed by atoms with E-state index in [0.29, 0.717) is 0 Å². The maximum Gasteiger partial charge on any atom is 0.227 e. The molecule has 2 aliphatic rings. The van der Waals surface area contributed by atoms with E-state index in [1.807, 2.05) is 0 Å². The fraction of sp³-hybridized carbons (Fsp3) is 0.462. The van der Waals surface area contributed by atoms with Gasteiger partial charge in [0.05, 0.1) is 10.7 Å². The molecular weight excluding hydrogens is 241 g/mol. The van der Waals surface area contributed by atoms with E-state index in [-0.39, 0.29) is 22.5 Å². The second-order valence-electron chi connectivity index (χ2n) is 5.01. The summed E-state index contributed by atoms with van der Waals surface area (Å²) in [4.78, 5) is 11.9. The summed E-state index contributed by atoms with van der Waals surface area (Å²) in [6, 6.07) is 4.40. The Hall–Kier alpha value is -1.09. The van der Waals surface area contributed by atoms with Crippen LogP contribution in [-0.4, -0.2) is 5.91 Å². The van der Waals surface area contributed by atoms with Gasteiger partial charge in [-0.2, -0.15) is 0 Å². The third-order valence-corrected chi connectivity index (χ3v) is 4.14. The number of hydrogen-bond donors (Lipinski definition) is 1. The first-order chi connectivity index (χ1) is 8.15. The summed E-state index contributed by atoms with van der Waals surface area (Å²) in [6.07, 6.45) is 3.16. The number of nitrogens with one attached hydrogen (secondary N) is 1. The minimum absolute atomic E-state index is 0.0365. The van der Waals surface area contributed by atoms with E-state index in [0.717, 1.165) is 24.7 Å². The minimum Gasteiger partial charge on any atom is -0.322 e. The number of para-hydroxylation sites is 1. The molecule has 0 radical (unpaired) electrons. The third-order valence-electron chi connectivity index (χ3n) is 3.83. The van der Waals surface area contributed by atoms with Gasteiger partial charge in [-0.3, -0.25) is 4.79 Å². The van der Waals surface area contributed by atoms with Crippen molar-refractivity contribution < 1.29 is 9.18 Å². The first kappa shape index (κ1) is 11.0. The molecule has 2 fully saturated rings. The van der Waals surface area contributed by atoms with Gasteiger partial charge in [0.2, 0.25) is 5.91 Å². The third kappa shape index (κ3) is 2.04. The number of hydrogen-bond acceptors (Lipinski definition) is 1. The van der Waals surface area contributed by atoms with E-state index in [2.05, 4.69) is 5.32 Å². The fourth-order valence-corrected chi connectivity index (χ4v) is 2.98. The van der Waals surface area contributed by atoms with Crippen LogP contribution in [0, 0.1) is 23.6 Å². The highest BCUT2D eigenvalue weighted by Gasteiger charge is 2.48. The van der Waals surface area contributed by atoms with Crippen molar-refractivity contribution in [3.63, 3.8) is 0 Å². The molecule has 0 spiro atoms. The van der Waals surface area contributed by atoms with Crippen molar-refractivity contribution in [2.75, 3.05) is 5.32 Å². The summed E-state index contributed by atoms with van der Waals surface area (Å²) in [5, 5.41) is 2.87. The highest BCUT2D eigenvalue weighted by Crippen LogP contribution is 2.54. The molecule has 2 nitrogen and oxygen atoms in total. The summed E-state index contributed by atoms with van der Waals surface area (Å²) in [5.41, 5.74) is 0.111. The van der Waals surface area contributed by atoms with Crippen LogP contribution < -0.4 is 5.32 Å². The smallest absolute Gasteiger partial charge is 0.227 e. The van der Waals surface area contributed by atoms with Crippen molar-refractivity contribution in [3.05, 3.63) is 29.0 Å². The lowest BCUT2D eigenvalue weighted by Gasteiger charge is -2.13. The van der Waals surface area contributed by atoms with Crippen LogP contribution in [-0.2, 0) is 4.79 Å². The Morgan fingerprint density at radius 2 is 2.00 bits per heavy atom. The van der Waals surface area contributed by atoms with Crippen LogP contribution in [0.15, 0.2) is 18.2 Å². The maximum atomic E-state index is 13.5. The largest absolute Gasteiger partial charge is 0.322 e. The molecule has 2 atom stereocenters. The zero-order chi connectivity index (χ0) is 12.0. The number of carbonyl (C=O) groups excluding carboxylic acids is 1. The number of halogens is 2. The van der Waals surface area contributed by atoms with Gasteiger partial charge in [0.25, 0.3) is 0 Å². The molecule has 0 saturated heterocycles. The molecule has 90 valence electrons. The Labute approximate surface area is 104 Å². The summed E-state index contributed by atoms with van der Waals surface area (Å²) < 4.78 is 13.5. The SMILES string of the molecule is O=C(Nc1c(F)cccc1Cl)C1CC2CC2C1. The van der Waals surface area contributed by atoms with Gasteiger partial charge in [-0.1, -0.05) is 17.7 Å². The van der Waals surface area contributed by atoms with Gasteiger partial charge in [0, 0.05) is 5.92 Å². The van der Waals surface area contributed by atoms with Crippen molar-refractivity contribution in [1.82, 2.24) is 0 Å². The van der Waals surface area contributed by atoms with E-state index in [4.69, 9.17) is 11.6 Å². The lowest BCUT2D eigenvalue weighted by Crippen LogP contribution is -2.22. The number of carbonyl (C=O) groups is 1. The van der Waals surface area contributed by atoms with Gasteiger partial charge in [-0.15, -0.1) is 0 Å². The number of rotatable bonds is 2. The van der Waals surface area contributed by atoms with Crippen LogP contribution in [0.25, 0.3) is 0 Å². The molecule has 2 aliphatic carbocycles. The quantitative estimate of drug-likeness (QED) is 0.859. The Bertz CT molecular complexity index is 446. The van der Waals surface area contributed by atoms with Crippen molar-refractivity contribution in [2.24, 2.45) is 17.8 Å². The summed E-state index contributed by atoms with van der Waals surface area (Å²) in [6.45, 7) is 0. The summed E-state index contributed by atoms with van der Waals surface area (Å²) >= 11 is 5.86. The first-order valence-electron chi connectivity index (χ1n) is 5.90. The van der Waals surface area contributed by atoms with Crippen LogP contribution >= 0.6 is 11.6 Å². The van der Waals surface area contributed by atoms with Crippen LogP contribution in [0.5, 0.6) is 0 Å². The Morgan fingerprint density at radius 1 is 1.29 bits per heavy atom. The van der Waals surface area contributed by atoms with Crippen molar-refractivity contribution in [2.45, 2.75) is 19.3 Å². The van der Waals surface area contributed by atoms with Crippen LogP contribution in [0.2, 0.25) is 5.02 Å². The predicted molar refractivity (Wildman–Crippen MR) is 64.4 cm³/mol. The number of fused-ring (bicyclic) bond motifs is 1. The fourth-order valence-electron chi connectivity index (χ4n) is 2.77. The van der Waals surface area contributed by atoms with Crippen molar-refractivity contribution in [1.29, 1.82) is 0 Å². The lowest BCUT2D eigenvalue weighted by molar-refractivity contribution is -0.120. The number of anilines is 1. The number of benzene rings is 1. The Morgan fingerprint density at radius 3 is 2.65 bits per heavy atom. The maximum absolute atomic E-state index is 13.5. The van der Waals surface area contributed by atoms with Gasteiger partial charge in [-0.25, -0.2) is 4.39 Å². The van der Waals surface area contributed by atoms with Crippen molar-refractivity contribution in [3.8, 4) is 0 Å². The molecule has 1 N–H and O–H groups in total. The van der Waals surface area contributed by atoms with E-state index >= 15 is 0 Å². The molecule has 0 aliphatic heterocycles. The van der Waals surface area contributed by atoms with Gasteiger partial charge < -0.3 is 5.32 Å². The van der Waals surface area contributed by atoms with Crippen LogP contribution in [0.4, 0.5) is 10.1 Å².